The van der Waals surface area contributed by atoms with Crippen LogP contribution in [0.1, 0.15) is 30.1 Å². The maximum absolute atomic E-state index is 13.9. The Morgan fingerprint density at radius 1 is 1.29 bits per heavy atom. The smallest absolute Gasteiger partial charge is 0.325 e. The molecule has 12 heteroatoms. The summed E-state index contributed by atoms with van der Waals surface area (Å²) in [6.45, 7) is -0.307. The van der Waals surface area contributed by atoms with Gasteiger partial charge in [0.1, 0.15) is 12.3 Å². The third-order valence-electron chi connectivity index (χ3n) is 5.67. The number of fused-ring (bicyclic) bond motifs is 1. The number of benzene rings is 2. The molecule has 8 nitrogen and oxygen atoms in total. The number of halogens is 3. The van der Waals surface area contributed by atoms with E-state index >= 15 is 0 Å². The molecule has 0 amide bonds. The highest BCUT2D eigenvalue weighted by Gasteiger charge is 2.34. The molecule has 4 rings (SSSR count). The summed E-state index contributed by atoms with van der Waals surface area (Å²) >= 11 is 6.19. The summed E-state index contributed by atoms with van der Waals surface area (Å²) in [7, 11) is -2.60. The number of rotatable bonds is 7. The lowest BCUT2D eigenvalue weighted by molar-refractivity contribution is -0.137. The zero-order valence-electron chi connectivity index (χ0n) is 17.9. The van der Waals surface area contributed by atoms with Crippen LogP contribution in [-0.2, 0) is 27.8 Å². The SMILES string of the molecule is CN([C@@H]1CCCc2c1cnn2CC(=O)O)S(=O)(=O)c1ccc(Oc2c(F)cccc2F)c(Cl)c1. The van der Waals surface area contributed by atoms with Crippen molar-refractivity contribution in [3.63, 3.8) is 0 Å². The second-order valence-electron chi connectivity index (χ2n) is 7.77. The predicted molar refractivity (Wildman–Crippen MR) is 118 cm³/mol. The Labute approximate surface area is 199 Å². The Balaban J connectivity index is 1.61. The molecule has 34 heavy (non-hydrogen) atoms. The maximum Gasteiger partial charge on any atom is 0.325 e. The lowest BCUT2D eigenvalue weighted by Gasteiger charge is -2.31. The van der Waals surface area contributed by atoms with Crippen molar-refractivity contribution in [2.24, 2.45) is 0 Å². The average Bonchev–Trinajstić information content (AvgIpc) is 3.19. The topological polar surface area (TPSA) is 102 Å². The number of sulfonamides is 1. The van der Waals surface area contributed by atoms with Gasteiger partial charge in [0.05, 0.1) is 22.2 Å². The summed E-state index contributed by atoms with van der Waals surface area (Å²) in [5, 5.41) is 13.1. The molecule has 0 bridgehead atoms. The van der Waals surface area contributed by atoms with Crippen molar-refractivity contribution in [1.82, 2.24) is 14.1 Å². The molecule has 180 valence electrons. The van der Waals surface area contributed by atoms with Crippen LogP contribution >= 0.6 is 11.6 Å². The van der Waals surface area contributed by atoms with E-state index in [0.717, 1.165) is 18.2 Å². The predicted octanol–water partition coefficient (Wildman–Crippen LogP) is 4.39. The van der Waals surface area contributed by atoms with Crippen LogP contribution in [-0.4, -0.2) is 40.6 Å². The molecule has 0 aliphatic heterocycles. The molecule has 1 atom stereocenters. The maximum atomic E-state index is 13.9. The number of hydrogen-bond donors (Lipinski definition) is 1. The second-order valence-corrected chi connectivity index (χ2v) is 10.2. The Morgan fingerprint density at radius 3 is 2.65 bits per heavy atom. The third-order valence-corrected chi connectivity index (χ3v) is 7.82. The van der Waals surface area contributed by atoms with Gasteiger partial charge < -0.3 is 9.84 Å². The van der Waals surface area contributed by atoms with Crippen LogP contribution in [0.3, 0.4) is 0 Å². The van der Waals surface area contributed by atoms with Gasteiger partial charge in [0.2, 0.25) is 10.0 Å². The first-order valence-corrected chi connectivity index (χ1v) is 12.1. The van der Waals surface area contributed by atoms with Gasteiger partial charge in [-0.15, -0.1) is 0 Å². The molecule has 1 heterocycles. The first kappa shape index (κ1) is 24.1. The number of para-hydroxylation sites is 1. The van der Waals surface area contributed by atoms with E-state index in [4.69, 9.17) is 21.4 Å². The number of carboxylic acid groups (broad SMARTS) is 1. The van der Waals surface area contributed by atoms with Crippen LogP contribution in [0.4, 0.5) is 8.78 Å². The van der Waals surface area contributed by atoms with E-state index < -0.39 is 39.4 Å². The fraction of sp³-hybridized carbons (Fsp3) is 0.273. The number of ether oxygens (including phenoxy) is 1. The molecule has 0 saturated carbocycles. The Hall–Kier alpha value is -3.02. The second kappa shape index (κ2) is 9.32. The number of aromatic nitrogens is 2. The van der Waals surface area contributed by atoms with E-state index in [1.165, 1.54) is 40.4 Å². The Bertz CT molecular complexity index is 1340. The van der Waals surface area contributed by atoms with E-state index in [-0.39, 0.29) is 22.2 Å². The van der Waals surface area contributed by atoms with Gasteiger partial charge in [-0.05, 0) is 49.6 Å². The Kier molecular flexibility index (Phi) is 6.61. The van der Waals surface area contributed by atoms with Gasteiger partial charge in [0.25, 0.3) is 0 Å². The molecule has 3 aromatic rings. The van der Waals surface area contributed by atoms with Crippen LogP contribution in [0, 0.1) is 11.6 Å². The molecular weight excluding hydrogens is 492 g/mol. The largest absolute Gasteiger partial charge is 0.480 e. The van der Waals surface area contributed by atoms with Gasteiger partial charge >= 0.3 is 5.97 Å². The van der Waals surface area contributed by atoms with Gasteiger partial charge in [-0.1, -0.05) is 17.7 Å². The number of carbonyl (C=O) groups is 1. The molecule has 1 aliphatic carbocycles. The standard InChI is InChI=1S/C22H20ClF2N3O5S/c1-27(18-6-3-7-19-14(18)11-26-28(19)12-21(29)30)34(31,32)13-8-9-20(15(23)10-13)33-22-16(24)4-2-5-17(22)25/h2,4-5,8-11,18H,3,6-7,12H2,1H3,(H,29,30)/t18-/m1/s1. The van der Waals surface area contributed by atoms with Crippen LogP contribution in [0.2, 0.25) is 5.02 Å². The summed E-state index contributed by atoms with van der Waals surface area (Å²) in [5.74, 6) is -3.65. The van der Waals surface area contributed by atoms with Crippen LogP contribution in [0.15, 0.2) is 47.5 Å². The summed E-state index contributed by atoms with van der Waals surface area (Å²) in [5.41, 5.74) is 1.34. The van der Waals surface area contributed by atoms with Crippen molar-refractivity contribution in [3.05, 3.63) is 70.5 Å². The zero-order chi connectivity index (χ0) is 24.6. The summed E-state index contributed by atoms with van der Waals surface area (Å²) in [6, 6.07) is 6.31. The quantitative estimate of drug-likeness (QED) is 0.505. The molecule has 1 aromatic heterocycles. The van der Waals surface area contributed by atoms with Gasteiger partial charge in [-0.2, -0.15) is 9.40 Å². The summed E-state index contributed by atoms with van der Waals surface area (Å²) in [6.07, 6.45) is 3.28. The van der Waals surface area contributed by atoms with Crippen molar-refractivity contribution in [2.45, 2.75) is 36.7 Å². The molecule has 0 radical (unpaired) electrons. The van der Waals surface area contributed by atoms with Gasteiger partial charge in [-0.3, -0.25) is 9.48 Å². The minimum Gasteiger partial charge on any atom is -0.480 e. The van der Waals surface area contributed by atoms with E-state index in [0.29, 0.717) is 30.5 Å². The van der Waals surface area contributed by atoms with Crippen LogP contribution in [0.5, 0.6) is 11.5 Å². The number of hydrogen-bond acceptors (Lipinski definition) is 5. The van der Waals surface area contributed by atoms with Gasteiger partial charge in [-0.25, -0.2) is 17.2 Å². The van der Waals surface area contributed by atoms with E-state index in [9.17, 15) is 22.0 Å². The Morgan fingerprint density at radius 2 is 2.00 bits per heavy atom. The average molecular weight is 512 g/mol. The van der Waals surface area contributed by atoms with Crippen LogP contribution in [0.25, 0.3) is 0 Å². The first-order valence-electron chi connectivity index (χ1n) is 10.3. The first-order chi connectivity index (χ1) is 16.1. The van der Waals surface area contributed by atoms with E-state index in [1.54, 1.807) is 0 Å². The van der Waals surface area contributed by atoms with Gasteiger partial charge in [0, 0.05) is 18.3 Å². The normalized spacial score (nSPS) is 15.9. The zero-order valence-corrected chi connectivity index (χ0v) is 19.5. The van der Waals surface area contributed by atoms with Crippen molar-refractivity contribution < 1.29 is 31.8 Å². The highest BCUT2D eigenvalue weighted by molar-refractivity contribution is 7.89. The van der Waals surface area contributed by atoms with Crippen LogP contribution < -0.4 is 4.74 Å². The minimum absolute atomic E-state index is 0.109. The molecule has 1 aliphatic rings. The van der Waals surface area contributed by atoms with Gasteiger partial charge in [0.15, 0.2) is 17.4 Å². The highest BCUT2D eigenvalue weighted by atomic mass is 35.5. The molecule has 2 aromatic carbocycles. The minimum atomic E-state index is -4.03. The molecule has 0 unspecified atom stereocenters. The molecule has 0 saturated heterocycles. The summed E-state index contributed by atoms with van der Waals surface area (Å²) < 4.78 is 62.3. The molecular formula is C22H20ClF2N3O5S. The lowest BCUT2D eigenvalue weighted by atomic mass is 9.93. The van der Waals surface area contributed by atoms with Crippen molar-refractivity contribution in [3.8, 4) is 11.5 Å². The number of carboxylic acids is 1. The lowest BCUT2D eigenvalue weighted by Crippen LogP contribution is -2.33. The molecule has 0 spiro atoms. The van der Waals surface area contributed by atoms with Crippen molar-refractivity contribution in [2.75, 3.05) is 7.05 Å². The fourth-order valence-corrected chi connectivity index (χ4v) is 5.66. The monoisotopic (exact) mass is 511 g/mol. The molecule has 0 fully saturated rings. The number of nitrogens with zero attached hydrogens (tertiary/aromatic N) is 3. The van der Waals surface area contributed by atoms with Crippen molar-refractivity contribution in [1.29, 1.82) is 0 Å². The molecule has 1 N–H and O–H groups in total. The van der Waals surface area contributed by atoms with Crippen molar-refractivity contribution >= 4 is 27.6 Å². The summed E-state index contributed by atoms with van der Waals surface area (Å²) in [4.78, 5) is 11.0. The number of aliphatic carboxylic acids is 1. The third kappa shape index (κ3) is 4.50. The highest BCUT2D eigenvalue weighted by Crippen LogP contribution is 2.38. The van der Waals surface area contributed by atoms with E-state index in [1.807, 2.05) is 0 Å². The van der Waals surface area contributed by atoms with E-state index in [2.05, 4.69) is 5.10 Å². The fourth-order valence-electron chi connectivity index (χ4n) is 3.99.